The Labute approximate surface area is 85.7 Å². The van der Waals surface area contributed by atoms with E-state index in [0.717, 1.165) is 25.9 Å². The molecule has 1 amide bonds. The molecule has 0 radical (unpaired) electrons. The molecule has 0 fully saturated rings. The number of carbonyl (C=O) groups excluding carboxylic acids is 1. The lowest BCUT2D eigenvalue weighted by atomic mass is 10.1. The van der Waals surface area contributed by atoms with E-state index < -0.39 is 0 Å². The van der Waals surface area contributed by atoms with Crippen LogP contribution in [0.15, 0.2) is 11.6 Å². The van der Waals surface area contributed by atoms with Crippen molar-refractivity contribution < 1.29 is 9.53 Å². The standard InChI is InChI=1S/C11H19NO2/c1-3-8-14-9-11(13)12-6-4-10(2)5-7-12/h4H,3,5-9H2,1-2H3. The first-order valence-corrected chi connectivity index (χ1v) is 5.25. The summed E-state index contributed by atoms with van der Waals surface area (Å²) < 4.78 is 5.21. The van der Waals surface area contributed by atoms with Crippen LogP contribution in [0.1, 0.15) is 26.7 Å². The van der Waals surface area contributed by atoms with Gasteiger partial charge in [0.1, 0.15) is 6.61 Å². The van der Waals surface area contributed by atoms with Gasteiger partial charge in [0.25, 0.3) is 0 Å². The van der Waals surface area contributed by atoms with Crippen LogP contribution >= 0.6 is 0 Å². The van der Waals surface area contributed by atoms with Crippen LogP contribution in [0, 0.1) is 0 Å². The minimum atomic E-state index is 0.113. The van der Waals surface area contributed by atoms with Gasteiger partial charge >= 0.3 is 0 Å². The topological polar surface area (TPSA) is 29.5 Å². The highest BCUT2D eigenvalue weighted by atomic mass is 16.5. The highest BCUT2D eigenvalue weighted by Crippen LogP contribution is 2.09. The first-order chi connectivity index (χ1) is 6.74. The molecule has 0 aromatic heterocycles. The van der Waals surface area contributed by atoms with Crippen LogP contribution in [0.25, 0.3) is 0 Å². The van der Waals surface area contributed by atoms with Gasteiger partial charge in [-0.2, -0.15) is 0 Å². The van der Waals surface area contributed by atoms with Crippen LogP contribution in [-0.2, 0) is 9.53 Å². The van der Waals surface area contributed by atoms with Crippen molar-refractivity contribution in [2.24, 2.45) is 0 Å². The number of carbonyl (C=O) groups is 1. The van der Waals surface area contributed by atoms with Crippen molar-refractivity contribution in [2.45, 2.75) is 26.7 Å². The van der Waals surface area contributed by atoms with Crippen molar-refractivity contribution in [3.8, 4) is 0 Å². The van der Waals surface area contributed by atoms with Gasteiger partial charge < -0.3 is 9.64 Å². The number of nitrogens with zero attached hydrogens (tertiary/aromatic N) is 1. The molecule has 0 aromatic carbocycles. The lowest BCUT2D eigenvalue weighted by molar-refractivity contribution is -0.135. The van der Waals surface area contributed by atoms with Crippen molar-refractivity contribution in [3.63, 3.8) is 0 Å². The van der Waals surface area contributed by atoms with Gasteiger partial charge in [-0.1, -0.05) is 18.6 Å². The summed E-state index contributed by atoms with van der Waals surface area (Å²) in [5.74, 6) is 0.113. The molecule has 1 rings (SSSR count). The number of rotatable bonds is 4. The van der Waals surface area contributed by atoms with Crippen LogP contribution in [0.5, 0.6) is 0 Å². The first kappa shape index (κ1) is 11.2. The quantitative estimate of drug-likeness (QED) is 0.506. The molecule has 3 nitrogen and oxygen atoms in total. The van der Waals surface area contributed by atoms with Crippen LogP contribution in [0.3, 0.4) is 0 Å². The SMILES string of the molecule is CCCOCC(=O)N1CC=C(C)CC1. The van der Waals surface area contributed by atoms with Gasteiger partial charge in [0.2, 0.25) is 5.91 Å². The number of hydrogen-bond acceptors (Lipinski definition) is 2. The third-order valence-corrected chi connectivity index (χ3v) is 2.36. The van der Waals surface area contributed by atoms with Gasteiger partial charge in [-0.15, -0.1) is 0 Å². The largest absolute Gasteiger partial charge is 0.372 e. The zero-order chi connectivity index (χ0) is 10.4. The Morgan fingerprint density at radius 2 is 2.43 bits per heavy atom. The second kappa shape index (κ2) is 5.81. The molecular weight excluding hydrogens is 178 g/mol. The van der Waals surface area contributed by atoms with Gasteiger partial charge in [0.05, 0.1) is 0 Å². The molecule has 0 atom stereocenters. The summed E-state index contributed by atoms with van der Waals surface area (Å²) in [4.78, 5) is 13.4. The Bertz CT molecular complexity index is 223. The molecule has 0 unspecified atom stereocenters. The van der Waals surface area contributed by atoms with E-state index in [1.807, 2.05) is 11.8 Å². The van der Waals surface area contributed by atoms with Gasteiger partial charge in [0, 0.05) is 19.7 Å². The van der Waals surface area contributed by atoms with E-state index in [1.54, 1.807) is 0 Å². The molecule has 0 aliphatic carbocycles. The van der Waals surface area contributed by atoms with Crippen LogP contribution < -0.4 is 0 Å². The number of hydrogen-bond donors (Lipinski definition) is 0. The smallest absolute Gasteiger partial charge is 0.248 e. The van der Waals surface area contributed by atoms with Crippen LogP contribution in [0.4, 0.5) is 0 Å². The van der Waals surface area contributed by atoms with Gasteiger partial charge in [0.15, 0.2) is 0 Å². The highest BCUT2D eigenvalue weighted by Gasteiger charge is 2.15. The molecule has 14 heavy (non-hydrogen) atoms. The summed E-state index contributed by atoms with van der Waals surface area (Å²) in [6.45, 7) is 6.65. The molecular formula is C11H19NO2. The van der Waals surface area contributed by atoms with Crippen molar-refractivity contribution in [3.05, 3.63) is 11.6 Å². The maximum Gasteiger partial charge on any atom is 0.248 e. The van der Waals surface area contributed by atoms with Gasteiger partial charge in [-0.05, 0) is 19.8 Å². The normalized spacial score (nSPS) is 16.7. The molecule has 0 bridgehead atoms. The zero-order valence-electron chi connectivity index (χ0n) is 9.08. The minimum Gasteiger partial charge on any atom is -0.372 e. The van der Waals surface area contributed by atoms with E-state index in [4.69, 9.17) is 4.74 Å². The fraction of sp³-hybridized carbons (Fsp3) is 0.727. The van der Waals surface area contributed by atoms with Crippen molar-refractivity contribution >= 4 is 5.91 Å². The average molecular weight is 197 g/mol. The lowest BCUT2D eigenvalue weighted by Crippen LogP contribution is -2.37. The van der Waals surface area contributed by atoms with Crippen molar-refractivity contribution in [2.75, 3.05) is 26.3 Å². The fourth-order valence-electron chi connectivity index (χ4n) is 1.39. The van der Waals surface area contributed by atoms with E-state index >= 15 is 0 Å². The summed E-state index contributed by atoms with van der Waals surface area (Å²) >= 11 is 0. The molecule has 1 aliphatic heterocycles. The van der Waals surface area contributed by atoms with Gasteiger partial charge in [-0.25, -0.2) is 0 Å². The Kier molecular flexibility index (Phi) is 4.66. The summed E-state index contributed by atoms with van der Waals surface area (Å²) in [5.41, 5.74) is 1.38. The zero-order valence-corrected chi connectivity index (χ0v) is 9.08. The Morgan fingerprint density at radius 3 is 3.00 bits per heavy atom. The molecule has 1 aliphatic rings. The van der Waals surface area contributed by atoms with Crippen LogP contribution in [-0.4, -0.2) is 37.1 Å². The maximum atomic E-state index is 11.6. The first-order valence-electron chi connectivity index (χ1n) is 5.25. The van der Waals surface area contributed by atoms with Crippen molar-refractivity contribution in [1.82, 2.24) is 4.90 Å². The van der Waals surface area contributed by atoms with Gasteiger partial charge in [-0.3, -0.25) is 4.79 Å². The molecule has 0 saturated heterocycles. The summed E-state index contributed by atoms with van der Waals surface area (Å²) in [6.07, 6.45) is 4.08. The van der Waals surface area contributed by atoms with E-state index in [1.165, 1.54) is 5.57 Å². The third kappa shape index (κ3) is 3.50. The Morgan fingerprint density at radius 1 is 1.64 bits per heavy atom. The number of amides is 1. The van der Waals surface area contributed by atoms with E-state index in [2.05, 4.69) is 13.0 Å². The third-order valence-electron chi connectivity index (χ3n) is 2.36. The summed E-state index contributed by atoms with van der Waals surface area (Å²) in [7, 11) is 0. The molecule has 0 spiro atoms. The molecule has 0 saturated carbocycles. The lowest BCUT2D eigenvalue weighted by Gasteiger charge is -2.25. The monoisotopic (exact) mass is 197 g/mol. The summed E-state index contributed by atoms with van der Waals surface area (Å²) in [6, 6.07) is 0. The predicted molar refractivity (Wildman–Crippen MR) is 56.1 cm³/mol. The second-order valence-electron chi connectivity index (χ2n) is 3.69. The van der Waals surface area contributed by atoms with E-state index in [-0.39, 0.29) is 12.5 Å². The Hall–Kier alpha value is -0.830. The molecule has 80 valence electrons. The molecule has 3 heteroatoms. The molecule has 1 heterocycles. The summed E-state index contributed by atoms with van der Waals surface area (Å²) in [5, 5.41) is 0. The minimum absolute atomic E-state index is 0.113. The van der Waals surface area contributed by atoms with Crippen molar-refractivity contribution in [1.29, 1.82) is 0 Å². The predicted octanol–water partition coefficient (Wildman–Crippen LogP) is 1.59. The fourth-order valence-corrected chi connectivity index (χ4v) is 1.39. The highest BCUT2D eigenvalue weighted by molar-refractivity contribution is 5.77. The molecule has 0 N–H and O–H groups in total. The second-order valence-corrected chi connectivity index (χ2v) is 3.69. The van der Waals surface area contributed by atoms with E-state index in [9.17, 15) is 4.79 Å². The maximum absolute atomic E-state index is 11.6. The average Bonchev–Trinajstić information content (AvgIpc) is 2.19. The Balaban J connectivity index is 2.25. The molecule has 0 aromatic rings. The number of ether oxygens (including phenoxy) is 1. The van der Waals surface area contributed by atoms with Crippen LogP contribution in [0.2, 0.25) is 0 Å². The van der Waals surface area contributed by atoms with E-state index in [0.29, 0.717) is 6.61 Å².